The zero-order valence-corrected chi connectivity index (χ0v) is 22.2. The average molecular weight is 535 g/mol. The van der Waals surface area contributed by atoms with Gasteiger partial charge in [0.25, 0.3) is 5.56 Å². The Kier molecular flexibility index (Phi) is 7.97. The number of anilines is 1. The number of carbonyl (C=O) groups is 2. The standard InChI is InChI=1S/C28H27ClN4O5/c1-5-38-27(35)18-6-9-20(10-7-18)30-28(36)32(3)17(2)25-31-24-16-19(29)8-15-23(24)26(34)33(25)21-11-13-22(37-4)14-12-21/h6-17H,5H2,1-4H3,(H,30,36). The average Bonchev–Trinajstić information content (AvgIpc) is 2.92. The van der Waals surface area contributed by atoms with E-state index >= 15 is 0 Å². The minimum absolute atomic E-state index is 0.274. The van der Waals surface area contributed by atoms with Crippen molar-refractivity contribution in [3.05, 3.63) is 93.5 Å². The molecule has 1 heterocycles. The van der Waals surface area contributed by atoms with Gasteiger partial charge in [-0.3, -0.25) is 9.36 Å². The van der Waals surface area contributed by atoms with Gasteiger partial charge < -0.3 is 19.7 Å². The van der Waals surface area contributed by atoms with Gasteiger partial charge in [0.15, 0.2) is 0 Å². The summed E-state index contributed by atoms with van der Waals surface area (Å²) in [5.74, 6) is 0.558. The molecule has 0 fully saturated rings. The van der Waals surface area contributed by atoms with E-state index in [0.29, 0.717) is 44.4 Å². The molecule has 2 amide bonds. The maximum atomic E-state index is 13.6. The molecule has 1 N–H and O–H groups in total. The van der Waals surface area contributed by atoms with Crippen molar-refractivity contribution in [3.8, 4) is 11.4 Å². The van der Waals surface area contributed by atoms with Gasteiger partial charge in [0.2, 0.25) is 0 Å². The fourth-order valence-electron chi connectivity index (χ4n) is 3.90. The van der Waals surface area contributed by atoms with E-state index in [2.05, 4.69) is 5.32 Å². The number of esters is 1. The molecule has 0 saturated heterocycles. The lowest BCUT2D eigenvalue weighted by Gasteiger charge is -2.27. The molecule has 4 aromatic rings. The Morgan fingerprint density at radius 2 is 1.76 bits per heavy atom. The summed E-state index contributed by atoms with van der Waals surface area (Å²) in [4.78, 5) is 44.9. The van der Waals surface area contributed by atoms with E-state index in [9.17, 15) is 14.4 Å². The Labute approximate surface area is 224 Å². The molecule has 4 rings (SSSR count). The van der Waals surface area contributed by atoms with Crippen LogP contribution in [0.15, 0.2) is 71.5 Å². The number of methoxy groups -OCH3 is 1. The first-order valence-electron chi connectivity index (χ1n) is 11.9. The highest BCUT2D eigenvalue weighted by molar-refractivity contribution is 6.31. The van der Waals surface area contributed by atoms with Crippen molar-refractivity contribution in [2.75, 3.05) is 26.1 Å². The van der Waals surface area contributed by atoms with Gasteiger partial charge in [-0.1, -0.05) is 11.6 Å². The van der Waals surface area contributed by atoms with Gasteiger partial charge in [-0.15, -0.1) is 0 Å². The second-order valence-corrected chi connectivity index (χ2v) is 8.92. The van der Waals surface area contributed by atoms with Crippen molar-refractivity contribution >= 4 is 40.2 Å². The molecule has 0 radical (unpaired) electrons. The van der Waals surface area contributed by atoms with Crippen LogP contribution in [-0.4, -0.2) is 47.2 Å². The SMILES string of the molecule is CCOC(=O)c1ccc(NC(=O)N(C)C(C)c2nc3cc(Cl)ccc3c(=O)n2-c2ccc(OC)cc2)cc1. The molecular weight excluding hydrogens is 508 g/mol. The zero-order valence-electron chi connectivity index (χ0n) is 21.4. The van der Waals surface area contributed by atoms with Crippen LogP contribution in [0.2, 0.25) is 5.02 Å². The largest absolute Gasteiger partial charge is 0.497 e. The summed E-state index contributed by atoms with van der Waals surface area (Å²) in [5, 5.41) is 3.65. The first kappa shape index (κ1) is 26.7. The summed E-state index contributed by atoms with van der Waals surface area (Å²) in [6.45, 7) is 3.79. The number of hydrogen-bond acceptors (Lipinski definition) is 6. The van der Waals surface area contributed by atoms with Crippen molar-refractivity contribution < 1.29 is 19.1 Å². The lowest BCUT2D eigenvalue weighted by Crippen LogP contribution is -2.37. The summed E-state index contributed by atoms with van der Waals surface area (Å²) in [6.07, 6.45) is 0. The van der Waals surface area contributed by atoms with E-state index in [1.54, 1.807) is 94.7 Å². The Bertz CT molecular complexity index is 1530. The number of ether oxygens (including phenoxy) is 2. The van der Waals surface area contributed by atoms with Crippen LogP contribution in [-0.2, 0) is 4.74 Å². The number of amides is 2. The van der Waals surface area contributed by atoms with Gasteiger partial charge in [-0.25, -0.2) is 14.6 Å². The smallest absolute Gasteiger partial charge is 0.338 e. The van der Waals surface area contributed by atoms with Gasteiger partial charge >= 0.3 is 12.0 Å². The van der Waals surface area contributed by atoms with Crippen LogP contribution in [0.4, 0.5) is 10.5 Å². The molecule has 10 heteroatoms. The lowest BCUT2D eigenvalue weighted by molar-refractivity contribution is 0.0526. The number of hydrogen-bond donors (Lipinski definition) is 1. The number of aromatic nitrogens is 2. The van der Waals surface area contributed by atoms with Crippen molar-refractivity contribution in [2.45, 2.75) is 19.9 Å². The Balaban J connectivity index is 1.68. The number of nitrogens with one attached hydrogen (secondary N) is 1. The van der Waals surface area contributed by atoms with E-state index in [1.165, 1.54) is 9.47 Å². The van der Waals surface area contributed by atoms with Gasteiger partial charge in [-0.2, -0.15) is 0 Å². The van der Waals surface area contributed by atoms with Crippen LogP contribution in [0.5, 0.6) is 5.75 Å². The monoisotopic (exact) mass is 534 g/mol. The van der Waals surface area contributed by atoms with E-state index in [1.807, 2.05) is 0 Å². The molecule has 0 aliphatic heterocycles. The molecule has 0 saturated carbocycles. The second kappa shape index (κ2) is 11.4. The van der Waals surface area contributed by atoms with Crippen molar-refractivity contribution in [1.82, 2.24) is 14.5 Å². The van der Waals surface area contributed by atoms with Gasteiger partial charge in [0.05, 0.1) is 41.9 Å². The fraction of sp³-hybridized carbons (Fsp3) is 0.214. The highest BCUT2D eigenvalue weighted by Crippen LogP contribution is 2.25. The summed E-state index contributed by atoms with van der Waals surface area (Å²) >= 11 is 6.18. The number of carbonyl (C=O) groups excluding carboxylic acids is 2. The molecule has 1 aromatic heterocycles. The third-order valence-corrected chi connectivity index (χ3v) is 6.35. The van der Waals surface area contributed by atoms with Crippen LogP contribution >= 0.6 is 11.6 Å². The van der Waals surface area contributed by atoms with Gasteiger partial charge in [0, 0.05) is 17.8 Å². The molecular formula is C28H27ClN4O5. The maximum Gasteiger partial charge on any atom is 0.338 e. The Hall–Kier alpha value is -4.37. The summed E-state index contributed by atoms with van der Waals surface area (Å²) < 4.78 is 11.7. The molecule has 0 aliphatic carbocycles. The second-order valence-electron chi connectivity index (χ2n) is 8.48. The first-order chi connectivity index (χ1) is 18.2. The predicted molar refractivity (Wildman–Crippen MR) is 146 cm³/mol. The minimum atomic E-state index is -0.619. The predicted octanol–water partition coefficient (Wildman–Crippen LogP) is 5.45. The highest BCUT2D eigenvalue weighted by atomic mass is 35.5. The minimum Gasteiger partial charge on any atom is -0.497 e. The van der Waals surface area contributed by atoms with E-state index in [-0.39, 0.29) is 12.2 Å². The van der Waals surface area contributed by atoms with Crippen LogP contribution in [0.1, 0.15) is 36.1 Å². The molecule has 0 spiro atoms. The molecule has 3 aromatic carbocycles. The highest BCUT2D eigenvalue weighted by Gasteiger charge is 2.24. The summed E-state index contributed by atoms with van der Waals surface area (Å²) in [5.41, 5.74) is 1.59. The van der Waals surface area contributed by atoms with Crippen molar-refractivity contribution in [1.29, 1.82) is 0 Å². The van der Waals surface area contributed by atoms with Crippen LogP contribution in [0.3, 0.4) is 0 Å². The van der Waals surface area contributed by atoms with Gasteiger partial charge in [-0.05, 0) is 80.6 Å². The molecule has 1 unspecified atom stereocenters. The number of benzene rings is 3. The van der Waals surface area contributed by atoms with E-state index in [4.69, 9.17) is 26.1 Å². The number of fused-ring (bicyclic) bond motifs is 1. The number of rotatable bonds is 7. The first-order valence-corrected chi connectivity index (χ1v) is 12.3. The lowest BCUT2D eigenvalue weighted by atomic mass is 10.2. The van der Waals surface area contributed by atoms with Crippen molar-refractivity contribution in [2.24, 2.45) is 0 Å². The van der Waals surface area contributed by atoms with Crippen LogP contribution in [0, 0.1) is 0 Å². The number of urea groups is 1. The molecule has 196 valence electrons. The zero-order chi connectivity index (χ0) is 27.4. The number of nitrogens with zero attached hydrogens (tertiary/aromatic N) is 3. The third kappa shape index (κ3) is 5.47. The van der Waals surface area contributed by atoms with Crippen molar-refractivity contribution in [3.63, 3.8) is 0 Å². The van der Waals surface area contributed by atoms with E-state index < -0.39 is 18.0 Å². The molecule has 1 atom stereocenters. The Morgan fingerprint density at radius 3 is 2.39 bits per heavy atom. The normalized spacial score (nSPS) is 11.6. The van der Waals surface area contributed by atoms with Gasteiger partial charge in [0.1, 0.15) is 11.6 Å². The van der Waals surface area contributed by atoms with E-state index in [0.717, 1.165) is 0 Å². The quantitative estimate of drug-likeness (QED) is 0.316. The molecule has 38 heavy (non-hydrogen) atoms. The topological polar surface area (TPSA) is 103 Å². The fourth-order valence-corrected chi connectivity index (χ4v) is 4.07. The summed E-state index contributed by atoms with van der Waals surface area (Å²) in [6, 6.07) is 17.2. The maximum absolute atomic E-state index is 13.6. The molecule has 0 aliphatic rings. The number of halogens is 1. The van der Waals surface area contributed by atoms with Crippen LogP contribution < -0.4 is 15.6 Å². The van der Waals surface area contributed by atoms with Crippen LogP contribution in [0.25, 0.3) is 16.6 Å². The third-order valence-electron chi connectivity index (χ3n) is 6.11. The molecule has 9 nitrogen and oxygen atoms in total. The Morgan fingerprint density at radius 1 is 1.08 bits per heavy atom. The summed E-state index contributed by atoms with van der Waals surface area (Å²) in [7, 11) is 3.17. The molecule has 0 bridgehead atoms.